The Kier molecular flexibility index (Phi) is 3.74. The number of nitrogens with one attached hydrogen (secondary N) is 1. The van der Waals surface area contributed by atoms with Crippen LogP contribution in [0.4, 0.5) is 0 Å². The Morgan fingerprint density at radius 1 is 1.69 bits per heavy atom. The molecule has 2 heterocycles. The number of pyridine rings is 1. The maximum Gasteiger partial charge on any atom is 0.356 e. The van der Waals surface area contributed by atoms with Gasteiger partial charge in [0.1, 0.15) is 5.69 Å². The third kappa shape index (κ3) is 2.93. The van der Waals surface area contributed by atoms with Crippen LogP contribution in [-0.4, -0.2) is 30.6 Å². The van der Waals surface area contributed by atoms with Gasteiger partial charge in [0, 0.05) is 23.7 Å². The number of carbonyl (C=O) groups excluding carboxylic acids is 1. The molecule has 0 radical (unpaired) electrons. The van der Waals surface area contributed by atoms with Crippen molar-refractivity contribution in [2.75, 3.05) is 19.7 Å². The molecule has 0 bridgehead atoms. The first-order valence-electron chi connectivity index (χ1n) is 5.25. The Bertz CT molecular complexity index is 378. The van der Waals surface area contributed by atoms with Crippen molar-refractivity contribution in [3.8, 4) is 0 Å². The van der Waals surface area contributed by atoms with E-state index in [1.165, 1.54) is 12.3 Å². The van der Waals surface area contributed by atoms with E-state index in [-0.39, 0.29) is 5.69 Å². The fourth-order valence-electron chi connectivity index (χ4n) is 1.64. The predicted molar refractivity (Wildman–Crippen MR) is 60.5 cm³/mol. The van der Waals surface area contributed by atoms with Crippen molar-refractivity contribution in [3.05, 3.63) is 29.0 Å². The van der Waals surface area contributed by atoms with E-state index in [0.29, 0.717) is 17.5 Å². The number of esters is 1. The highest BCUT2D eigenvalue weighted by Crippen LogP contribution is 2.11. The summed E-state index contributed by atoms with van der Waals surface area (Å²) >= 11 is 5.76. The Labute approximate surface area is 99.0 Å². The summed E-state index contributed by atoms with van der Waals surface area (Å²) in [5.41, 5.74) is 0.262. The van der Waals surface area contributed by atoms with Crippen LogP contribution in [0.15, 0.2) is 18.3 Å². The summed E-state index contributed by atoms with van der Waals surface area (Å²) in [6, 6.07) is 3.13. The number of ether oxygens (including phenoxy) is 1. The molecule has 4 nitrogen and oxygen atoms in total. The van der Waals surface area contributed by atoms with Crippen molar-refractivity contribution >= 4 is 17.6 Å². The molecule has 0 aromatic carbocycles. The summed E-state index contributed by atoms with van der Waals surface area (Å²) in [7, 11) is 0. The van der Waals surface area contributed by atoms with Crippen molar-refractivity contribution in [2.45, 2.75) is 6.42 Å². The van der Waals surface area contributed by atoms with Gasteiger partial charge in [-0.3, -0.25) is 0 Å². The van der Waals surface area contributed by atoms with E-state index in [1.807, 2.05) is 0 Å². The number of hydrogen-bond acceptors (Lipinski definition) is 4. The summed E-state index contributed by atoms with van der Waals surface area (Å²) in [4.78, 5) is 15.5. The number of carbonyl (C=O) groups is 1. The van der Waals surface area contributed by atoms with E-state index in [2.05, 4.69) is 10.3 Å². The van der Waals surface area contributed by atoms with E-state index in [0.717, 1.165) is 19.5 Å². The third-order valence-electron chi connectivity index (χ3n) is 2.54. The van der Waals surface area contributed by atoms with Crippen molar-refractivity contribution in [1.82, 2.24) is 10.3 Å². The molecule has 1 unspecified atom stereocenters. The van der Waals surface area contributed by atoms with E-state index in [4.69, 9.17) is 16.3 Å². The number of hydrogen-bond donors (Lipinski definition) is 1. The van der Waals surface area contributed by atoms with Crippen LogP contribution in [0.25, 0.3) is 0 Å². The van der Waals surface area contributed by atoms with Gasteiger partial charge in [0.2, 0.25) is 0 Å². The van der Waals surface area contributed by atoms with E-state index < -0.39 is 5.97 Å². The minimum atomic E-state index is -0.408. The number of aromatic nitrogens is 1. The predicted octanol–water partition coefficient (Wildman–Crippen LogP) is 1.50. The quantitative estimate of drug-likeness (QED) is 0.814. The van der Waals surface area contributed by atoms with Gasteiger partial charge in [-0.1, -0.05) is 11.6 Å². The van der Waals surface area contributed by atoms with Crippen LogP contribution in [0.2, 0.25) is 5.02 Å². The second kappa shape index (κ2) is 5.27. The molecular weight excluding hydrogens is 228 g/mol. The maximum atomic E-state index is 11.6. The molecule has 0 aliphatic carbocycles. The molecule has 86 valence electrons. The monoisotopic (exact) mass is 240 g/mol. The van der Waals surface area contributed by atoms with Crippen LogP contribution in [0.3, 0.4) is 0 Å². The zero-order valence-corrected chi connectivity index (χ0v) is 9.54. The van der Waals surface area contributed by atoms with Gasteiger partial charge in [0.15, 0.2) is 0 Å². The summed E-state index contributed by atoms with van der Waals surface area (Å²) in [5.74, 6) is 0.0116. The van der Waals surface area contributed by atoms with Crippen LogP contribution in [0.5, 0.6) is 0 Å². The Balaban J connectivity index is 1.87. The molecule has 1 N–H and O–H groups in total. The molecule has 1 saturated heterocycles. The van der Waals surface area contributed by atoms with Crippen LogP contribution in [0, 0.1) is 5.92 Å². The van der Waals surface area contributed by atoms with Gasteiger partial charge in [-0.2, -0.15) is 0 Å². The molecule has 1 atom stereocenters. The lowest BCUT2D eigenvalue weighted by Gasteiger charge is -2.08. The van der Waals surface area contributed by atoms with Gasteiger partial charge < -0.3 is 10.1 Å². The highest BCUT2D eigenvalue weighted by Gasteiger charge is 2.17. The fraction of sp³-hybridized carbons (Fsp3) is 0.455. The van der Waals surface area contributed by atoms with Gasteiger partial charge in [0.05, 0.1) is 6.61 Å². The van der Waals surface area contributed by atoms with Crippen molar-refractivity contribution in [2.24, 2.45) is 5.92 Å². The van der Waals surface area contributed by atoms with Crippen LogP contribution < -0.4 is 5.32 Å². The Morgan fingerprint density at radius 3 is 3.25 bits per heavy atom. The second-order valence-electron chi connectivity index (χ2n) is 3.82. The van der Waals surface area contributed by atoms with Crippen LogP contribution in [0.1, 0.15) is 16.9 Å². The van der Waals surface area contributed by atoms with Gasteiger partial charge in [-0.25, -0.2) is 9.78 Å². The highest BCUT2D eigenvalue weighted by molar-refractivity contribution is 6.30. The molecule has 1 aliphatic heterocycles. The zero-order valence-electron chi connectivity index (χ0n) is 8.78. The van der Waals surface area contributed by atoms with Crippen LogP contribution in [-0.2, 0) is 4.74 Å². The summed E-state index contributed by atoms with van der Waals surface area (Å²) < 4.78 is 5.17. The molecule has 2 rings (SSSR count). The summed E-state index contributed by atoms with van der Waals surface area (Å²) in [6.07, 6.45) is 2.55. The molecule has 5 heteroatoms. The molecule has 16 heavy (non-hydrogen) atoms. The van der Waals surface area contributed by atoms with Gasteiger partial charge in [-0.15, -0.1) is 0 Å². The van der Waals surface area contributed by atoms with E-state index in [9.17, 15) is 4.79 Å². The lowest BCUT2D eigenvalue weighted by Crippen LogP contribution is -2.17. The standard InChI is InChI=1S/C11H13ClN2O2/c12-9-2-4-14-10(5-9)11(15)16-7-8-1-3-13-6-8/h2,4-5,8,13H,1,3,6-7H2. The van der Waals surface area contributed by atoms with E-state index in [1.54, 1.807) is 6.07 Å². The maximum absolute atomic E-state index is 11.6. The summed E-state index contributed by atoms with van der Waals surface area (Å²) in [6.45, 7) is 2.36. The minimum absolute atomic E-state index is 0.262. The second-order valence-corrected chi connectivity index (χ2v) is 4.25. The number of nitrogens with zero attached hydrogens (tertiary/aromatic N) is 1. The Hall–Kier alpha value is -1.13. The normalized spacial score (nSPS) is 19.7. The molecule has 1 aromatic heterocycles. The first-order valence-corrected chi connectivity index (χ1v) is 5.63. The SMILES string of the molecule is O=C(OCC1CCNC1)c1cc(Cl)ccn1. The zero-order chi connectivity index (χ0) is 11.4. The molecule has 0 spiro atoms. The van der Waals surface area contributed by atoms with Crippen molar-refractivity contribution < 1.29 is 9.53 Å². The largest absolute Gasteiger partial charge is 0.461 e. The van der Waals surface area contributed by atoms with Gasteiger partial charge in [-0.05, 0) is 25.1 Å². The topological polar surface area (TPSA) is 51.2 Å². The number of rotatable bonds is 3. The smallest absolute Gasteiger partial charge is 0.356 e. The Morgan fingerprint density at radius 2 is 2.56 bits per heavy atom. The summed E-state index contributed by atoms with van der Waals surface area (Å²) in [5, 5.41) is 3.71. The van der Waals surface area contributed by atoms with Gasteiger partial charge >= 0.3 is 5.97 Å². The highest BCUT2D eigenvalue weighted by atomic mass is 35.5. The molecule has 0 amide bonds. The first-order chi connectivity index (χ1) is 7.75. The van der Waals surface area contributed by atoms with E-state index >= 15 is 0 Å². The molecule has 1 aliphatic rings. The van der Waals surface area contributed by atoms with Crippen LogP contribution >= 0.6 is 11.6 Å². The van der Waals surface area contributed by atoms with Crippen molar-refractivity contribution in [3.63, 3.8) is 0 Å². The minimum Gasteiger partial charge on any atom is -0.461 e. The molecule has 0 saturated carbocycles. The molecular formula is C11H13ClN2O2. The molecule has 1 fully saturated rings. The van der Waals surface area contributed by atoms with Gasteiger partial charge in [0.25, 0.3) is 0 Å². The average molecular weight is 241 g/mol. The lowest BCUT2D eigenvalue weighted by molar-refractivity contribution is 0.0443. The fourth-order valence-corrected chi connectivity index (χ4v) is 1.80. The van der Waals surface area contributed by atoms with Crippen molar-refractivity contribution in [1.29, 1.82) is 0 Å². The third-order valence-corrected chi connectivity index (χ3v) is 2.78. The lowest BCUT2D eigenvalue weighted by atomic mass is 10.1. The molecule has 1 aromatic rings. The average Bonchev–Trinajstić information content (AvgIpc) is 2.78. The number of halogens is 1. The first kappa shape index (κ1) is 11.4.